The van der Waals surface area contributed by atoms with Crippen LogP contribution in [-0.2, 0) is 11.2 Å². The molecule has 0 radical (unpaired) electrons. The maximum Gasteiger partial charge on any atom is 0.0499 e. The molecule has 0 aromatic heterocycles. The molecule has 1 N–H and O–H groups in total. The number of hydrogen-bond donors (Lipinski definition) is 1. The van der Waals surface area contributed by atoms with Crippen LogP contribution in [0.3, 0.4) is 0 Å². The van der Waals surface area contributed by atoms with Crippen molar-refractivity contribution in [2.24, 2.45) is 5.92 Å². The van der Waals surface area contributed by atoms with Gasteiger partial charge in [-0.25, -0.2) is 0 Å². The first kappa shape index (κ1) is 12.9. The Morgan fingerprint density at radius 2 is 2.29 bits per heavy atom. The van der Waals surface area contributed by atoms with Crippen molar-refractivity contribution in [3.05, 3.63) is 29.8 Å². The molecule has 1 aliphatic heterocycles. The standard InChI is InChI=1S/C14H21NOS/c1-11(10-16-2)8-15-9-13-7-12-5-3-4-6-14(12)17-13/h3-6,11,13,15H,7-10H2,1-2H3. The van der Waals surface area contributed by atoms with Gasteiger partial charge >= 0.3 is 0 Å². The van der Waals surface area contributed by atoms with Crippen LogP contribution in [0.1, 0.15) is 12.5 Å². The Kier molecular flexibility index (Phi) is 4.89. The smallest absolute Gasteiger partial charge is 0.0499 e. The summed E-state index contributed by atoms with van der Waals surface area (Å²) in [7, 11) is 1.76. The normalized spacial score (nSPS) is 20.2. The Balaban J connectivity index is 1.70. The van der Waals surface area contributed by atoms with Gasteiger partial charge in [0.15, 0.2) is 0 Å². The van der Waals surface area contributed by atoms with Crippen molar-refractivity contribution in [2.75, 3.05) is 26.8 Å². The van der Waals surface area contributed by atoms with Crippen molar-refractivity contribution in [1.82, 2.24) is 5.32 Å². The van der Waals surface area contributed by atoms with Gasteiger partial charge in [-0.2, -0.15) is 0 Å². The van der Waals surface area contributed by atoms with E-state index in [-0.39, 0.29) is 0 Å². The summed E-state index contributed by atoms with van der Waals surface area (Å²) < 4.78 is 5.13. The van der Waals surface area contributed by atoms with Crippen molar-refractivity contribution in [2.45, 2.75) is 23.5 Å². The largest absolute Gasteiger partial charge is 0.384 e. The lowest BCUT2D eigenvalue weighted by Gasteiger charge is -2.14. The second-order valence-electron chi connectivity index (χ2n) is 4.77. The first-order valence-electron chi connectivity index (χ1n) is 6.24. The molecule has 0 bridgehead atoms. The quantitative estimate of drug-likeness (QED) is 0.839. The number of hydrogen-bond acceptors (Lipinski definition) is 3. The van der Waals surface area contributed by atoms with E-state index in [0.717, 1.165) is 19.7 Å². The van der Waals surface area contributed by atoms with Crippen LogP contribution in [0.25, 0.3) is 0 Å². The lowest BCUT2D eigenvalue weighted by Crippen LogP contribution is -2.29. The molecule has 0 aliphatic carbocycles. The Morgan fingerprint density at radius 3 is 3.06 bits per heavy atom. The van der Waals surface area contributed by atoms with Crippen LogP contribution < -0.4 is 5.32 Å². The molecule has 3 heteroatoms. The summed E-state index contributed by atoms with van der Waals surface area (Å²) in [4.78, 5) is 1.46. The second kappa shape index (κ2) is 6.43. The molecule has 2 rings (SSSR count). The molecule has 17 heavy (non-hydrogen) atoms. The monoisotopic (exact) mass is 251 g/mol. The summed E-state index contributed by atoms with van der Waals surface area (Å²) >= 11 is 2.01. The van der Waals surface area contributed by atoms with E-state index in [9.17, 15) is 0 Å². The highest BCUT2D eigenvalue weighted by molar-refractivity contribution is 8.00. The molecule has 2 unspecified atom stereocenters. The van der Waals surface area contributed by atoms with E-state index in [4.69, 9.17) is 4.74 Å². The zero-order valence-electron chi connectivity index (χ0n) is 10.6. The van der Waals surface area contributed by atoms with E-state index in [1.54, 1.807) is 7.11 Å². The summed E-state index contributed by atoms with van der Waals surface area (Å²) in [6.07, 6.45) is 1.20. The van der Waals surface area contributed by atoms with Gasteiger partial charge in [-0.3, -0.25) is 0 Å². The summed E-state index contributed by atoms with van der Waals surface area (Å²) in [6.45, 7) is 5.19. The maximum atomic E-state index is 5.13. The number of fused-ring (bicyclic) bond motifs is 1. The van der Waals surface area contributed by atoms with Crippen LogP contribution in [0.4, 0.5) is 0 Å². The van der Waals surface area contributed by atoms with Gasteiger partial charge < -0.3 is 10.1 Å². The average Bonchev–Trinajstić information content (AvgIpc) is 2.71. The van der Waals surface area contributed by atoms with E-state index in [2.05, 4.69) is 36.5 Å². The first-order chi connectivity index (χ1) is 8.29. The van der Waals surface area contributed by atoms with Gasteiger partial charge in [0.25, 0.3) is 0 Å². The Hall–Kier alpha value is -0.510. The maximum absolute atomic E-state index is 5.13. The fourth-order valence-electron chi connectivity index (χ4n) is 2.20. The van der Waals surface area contributed by atoms with E-state index < -0.39 is 0 Å². The number of nitrogens with one attached hydrogen (secondary N) is 1. The molecule has 94 valence electrons. The van der Waals surface area contributed by atoms with E-state index in [0.29, 0.717) is 11.2 Å². The Morgan fingerprint density at radius 1 is 1.47 bits per heavy atom. The van der Waals surface area contributed by atoms with Crippen molar-refractivity contribution >= 4 is 11.8 Å². The van der Waals surface area contributed by atoms with Gasteiger partial charge in [0.2, 0.25) is 0 Å². The SMILES string of the molecule is COCC(C)CNCC1Cc2ccccc2S1. The fourth-order valence-corrected chi connectivity index (χ4v) is 3.49. The summed E-state index contributed by atoms with van der Waals surface area (Å²) in [6, 6.07) is 8.74. The molecule has 1 aliphatic rings. The minimum atomic E-state index is 0.591. The minimum Gasteiger partial charge on any atom is -0.384 e. The van der Waals surface area contributed by atoms with Crippen LogP contribution in [-0.4, -0.2) is 32.1 Å². The summed E-state index contributed by atoms with van der Waals surface area (Å²) in [5.74, 6) is 0.591. The van der Waals surface area contributed by atoms with Crippen LogP contribution in [0.15, 0.2) is 29.2 Å². The van der Waals surface area contributed by atoms with Gasteiger partial charge in [-0.05, 0) is 30.5 Å². The van der Waals surface area contributed by atoms with Crippen molar-refractivity contribution in [1.29, 1.82) is 0 Å². The van der Waals surface area contributed by atoms with Crippen molar-refractivity contribution in [3.63, 3.8) is 0 Å². The van der Waals surface area contributed by atoms with E-state index in [1.807, 2.05) is 11.8 Å². The molecule has 2 atom stereocenters. The number of thioether (sulfide) groups is 1. The lowest BCUT2D eigenvalue weighted by molar-refractivity contribution is 0.158. The van der Waals surface area contributed by atoms with Crippen molar-refractivity contribution in [3.8, 4) is 0 Å². The third kappa shape index (κ3) is 3.73. The van der Waals surface area contributed by atoms with Crippen molar-refractivity contribution < 1.29 is 4.74 Å². The Bertz CT molecular complexity index is 331. The molecule has 1 heterocycles. The predicted molar refractivity (Wildman–Crippen MR) is 73.7 cm³/mol. The molecular formula is C14H21NOS. The zero-order chi connectivity index (χ0) is 12.1. The van der Waals surface area contributed by atoms with Gasteiger partial charge in [0.1, 0.15) is 0 Å². The van der Waals surface area contributed by atoms with E-state index >= 15 is 0 Å². The van der Waals surface area contributed by atoms with Crippen LogP contribution in [0, 0.1) is 5.92 Å². The minimum absolute atomic E-state index is 0.591. The highest BCUT2D eigenvalue weighted by Crippen LogP contribution is 2.36. The molecule has 0 spiro atoms. The van der Waals surface area contributed by atoms with Crippen LogP contribution in [0.5, 0.6) is 0 Å². The number of methoxy groups -OCH3 is 1. The molecule has 0 saturated heterocycles. The van der Waals surface area contributed by atoms with Crippen LogP contribution in [0.2, 0.25) is 0 Å². The first-order valence-corrected chi connectivity index (χ1v) is 7.11. The highest BCUT2D eigenvalue weighted by atomic mass is 32.2. The molecular weight excluding hydrogens is 230 g/mol. The predicted octanol–water partition coefficient (Wildman–Crippen LogP) is 2.58. The van der Waals surface area contributed by atoms with Gasteiger partial charge in [-0.1, -0.05) is 25.1 Å². The second-order valence-corrected chi connectivity index (χ2v) is 6.11. The van der Waals surface area contributed by atoms with Gasteiger partial charge in [-0.15, -0.1) is 11.8 Å². The third-order valence-corrected chi connectivity index (χ3v) is 4.35. The number of rotatable bonds is 6. The van der Waals surface area contributed by atoms with E-state index in [1.165, 1.54) is 16.9 Å². The highest BCUT2D eigenvalue weighted by Gasteiger charge is 2.21. The molecule has 0 saturated carbocycles. The molecule has 0 fully saturated rings. The zero-order valence-corrected chi connectivity index (χ0v) is 11.4. The summed E-state index contributed by atoms with van der Waals surface area (Å²) in [5, 5.41) is 4.24. The third-order valence-electron chi connectivity index (χ3n) is 3.03. The Labute approximate surface area is 108 Å². The van der Waals surface area contributed by atoms with Gasteiger partial charge in [0.05, 0.1) is 0 Å². The summed E-state index contributed by atoms with van der Waals surface area (Å²) in [5.41, 5.74) is 1.51. The molecule has 1 aromatic carbocycles. The fraction of sp³-hybridized carbons (Fsp3) is 0.571. The lowest BCUT2D eigenvalue weighted by atomic mass is 10.1. The molecule has 2 nitrogen and oxygen atoms in total. The number of benzene rings is 1. The van der Waals surface area contributed by atoms with Crippen LogP contribution >= 0.6 is 11.8 Å². The topological polar surface area (TPSA) is 21.3 Å². The molecule has 1 aromatic rings. The number of ether oxygens (including phenoxy) is 1. The van der Waals surface area contributed by atoms with Gasteiger partial charge in [0, 0.05) is 30.4 Å². The molecule has 0 amide bonds. The average molecular weight is 251 g/mol.